The predicted molar refractivity (Wildman–Crippen MR) is 90.8 cm³/mol. The molecule has 8 saturated carbocycles. The Morgan fingerprint density at radius 3 is 0.955 bits per heavy atom. The lowest BCUT2D eigenvalue weighted by atomic mass is 9.55. The highest BCUT2D eigenvalue weighted by molar-refractivity contribution is 7.48. The molecule has 0 radical (unpaired) electrons. The Morgan fingerprint density at radius 2 is 0.727 bits per heavy atom. The Morgan fingerprint density at radius 1 is 0.500 bits per heavy atom. The van der Waals surface area contributed by atoms with Crippen LogP contribution < -0.4 is 0 Å². The first-order chi connectivity index (χ1) is 10.6. The molecular weight excluding hydrogens is 287 g/mol. The van der Waals surface area contributed by atoms with Gasteiger partial charge in [-0.15, -0.1) is 0 Å². The lowest BCUT2D eigenvalue weighted by molar-refractivity contribution is 0.0165. The first-order valence-electron chi connectivity index (χ1n) is 10.2. The highest BCUT2D eigenvalue weighted by Crippen LogP contribution is 2.74. The molecule has 0 aliphatic heterocycles. The molecule has 0 aromatic rings. The molecule has 122 valence electrons. The van der Waals surface area contributed by atoms with Gasteiger partial charge in [-0.1, -0.05) is 0 Å². The first kappa shape index (κ1) is 13.5. The molecule has 0 spiro atoms. The van der Waals surface area contributed by atoms with Crippen molar-refractivity contribution in [3.05, 3.63) is 0 Å². The summed E-state index contributed by atoms with van der Waals surface area (Å²) in [5.74, 6) is 5.80. The molecular formula is C20H31OP. The van der Waals surface area contributed by atoms with Gasteiger partial charge in [0.1, 0.15) is 0 Å². The highest BCUT2D eigenvalue weighted by Gasteiger charge is 2.61. The molecule has 0 heterocycles. The van der Waals surface area contributed by atoms with Crippen LogP contribution in [-0.4, -0.2) is 10.3 Å². The third-order valence-corrected chi connectivity index (χ3v) is 12.2. The van der Waals surface area contributed by atoms with E-state index in [1.54, 1.807) is 0 Å². The molecule has 0 aromatic heterocycles. The molecule has 8 rings (SSSR count). The number of rotatable bonds is 2. The minimum absolute atomic E-state index is 0.352. The molecule has 8 bridgehead atoms. The Hall–Kier alpha value is 0.230. The fraction of sp³-hybridized carbons (Fsp3) is 1.00. The van der Waals surface area contributed by atoms with Crippen molar-refractivity contribution in [1.82, 2.24) is 0 Å². The maximum absolute atomic E-state index is 14.1. The predicted octanol–water partition coefficient (Wildman–Crippen LogP) is 5.48. The second-order valence-electron chi connectivity index (χ2n) is 10.7. The van der Waals surface area contributed by atoms with Gasteiger partial charge in [-0.2, -0.15) is 0 Å². The van der Waals surface area contributed by atoms with Gasteiger partial charge in [0.05, 0.1) is 7.80 Å². The SMILES string of the molecule is O=[PH](C12CC3CC(CC(C3)C1)C2)C12CC3CC(CC(C3)C1)C2. The fourth-order valence-corrected chi connectivity index (χ4v) is 13.3. The van der Waals surface area contributed by atoms with Gasteiger partial charge < -0.3 is 4.57 Å². The molecule has 0 unspecified atom stereocenters. The molecule has 0 aromatic carbocycles. The maximum atomic E-state index is 14.1. The summed E-state index contributed by atoms with van der Waals surface area (Å²) in [5, 5.41) is 0.705. The molecule has 0 N–H and O–H groups in total. The van der Waals surface area contributed by atoms with E-state index >= 15 is 0 Å². The number of hydrogen-bond acceptors (Lipinski definition) is 1. The van der Waals surface area contributed by atoms with Gasteiger partial charge in [0.25, 0.3) is 0 Å². The van der Waals surface area contributed by atoms with Crippen LogP contribution in [0.5, 0.6) is 0 Å². The topological polar surface area (TPSA) is 17.1 Å². The van der Waals surface area contributed by atoms with Crippen molar-refractivity contribution in [2.75, 3.05) is 0 Å². The van der Waals surface area contributed by atoms with Crippen LogP contribution in [0.15, 0.2) is 0 Å². The molecule has 2 heteroatoms. The van der Waals surface area contributed by atoms with Crippen LogP contribution in [0.4, 0.5) is 0 Å². The van der Waals surface area contributed by atoms with Gasteiger partial charge in [-0.05, 0) is 113 Å². The van der Waals surface area contributed by atoms with Crippen LogP contribution in [0.3, 0.4) is 0 Å². The fourth-order valence-electron chi connectivity index (χ4n) is 9.34. The van der Waals surface area contributed by atoms with Gasteiger partial charge in [0.15, 0.2) is 0 Å². The van der Waals surface area contributed by atoms with Crippen LogP contribution in [-0.2, 0) is 4.57 Å². The van der Waals surface area contributed by atoms with Crippen molar-refractivity contribution in [3.63, 3.8) is 0 Å². The zero-order chi connectivity index (χ0) is 14.5. The van der Waals surface area contributed by atoms with E-state index in [0.29, 0.717) is 10.3 Å². The van der Waals surface area contributed by atoms with Gasteiger partial charge in [-0.25, -0.2) is 0 Å². The van der Waals surface area contributed by atoms with E-state index in [9.17, 15) is 4.57 Å². The molecule has 22 heavy (non-hydrogen) atoms. The van der Waals surface area contributed by atoms with Crippen molar-refractivity contribution in [2.24, 2.45) is 35.5 Å². The highest BCUT2D eigenvalue weighted by atomic mass is 31.1. The van der Waals surface area contributed by atoms with E-state index in [1.807, 2.05) is 0 Å². The van der Waals surface area contributed by atoms with Crippen molar-refractivity contribution in [1.29, 1.82) is 0 Å². The molecule has 8 aliphatic rings. The van der Waals surface area contributed by atoms with Crippen molar-refractivity contribution < 1.29 is 4.57 Å². The normalized spacial score (nSPS) is 62.5. The van der Waals surface area contributed by atoms with E-state index < -0.39 is 7.80 Å². The van der Waals surface area contributed by atoms with Gasteiger partial charge in [0, 0.05) is 10.3 Å². The van der Waals surface area contributed by atoms with Crippen molar-refractivity contribution >= 4 is 7.80 Å². The average Bonchev–Trinajstić information content (AvgIpc) is 2.43. The standard InChI is InChI=1S/C20H31OP/c21-22(19-7-13-1-14(8-19)3-15(2-13)9-19)20-10-16-4-17(11-20)6-18(5-16)12-20/h13-18,22H,1-12H2. The van der Waals surface area contributed by atoms with Gasteiger partial charge in [-0.3, -0.25) is 0 Å². The number of hydrogen-bond donors (Lipinski definition) is 0. The summed E-state index contributed by atoms with van der Waals surface area (Å²) in [5.41, 5.74) is 0. The van der Waals surface area contributed by atoms with Crippen LogP contribution >= 0.6 is 7.80 Å². The Kier molecular flexibility index (Phi) is 2.61. The first-order valence-corrected chi connectivity index (χ1v) is 11.6. The van der Waals surface area contributed by atoms with Crippen molar-refractivity contribution in [2.45, 2.75) is 87.4 Å². The average molecular weight is 318 g/mol. The second-order valence-corrected chi connectivity index (χ2v) is 13.5. The summed E-state index contributed by atoms with van der Waals surface area (Å²) in [7, 11) is -1.43. The summed E-state index contributed by atoms with van der Waals surface area (Å²) < 4.78 is 14.1. The summed E-state index contributed by atoms with van der Waals surface area (Å²) in [4.78, 5) is 0. The quantitative estimate of drug-likeness (QED) is 0.616. The summed E-state index contributed by atoms with van der Waals surface area (Å²) in [6.45, 7) is 0. The summed E-state index contributed by atoms with van der Waals surface area (Å²) in [6, 6.07) is 0. The van der Waals surface area contributed by atoms with E-state index in [4.69, 9.17) is 0 Å². The largest absolute Gasteiger partial charge is 0.326 e. The molecule has 8 aliphatic carbocycles. The van der Waals surface area contributed by atoms with Crippen molar-refractivity contribution in [3.8, 4) is 0 Å². The molecule has 0 atom stereocenters. The zero-order valence-corrected chi connectivity index (χ0v) is 14.9. The van der Waals surface area contributed by atoms with Crippen LogP contribution in [0.2, 0.25) is 0 Å². The third kappa shape index (κ3) is 1.71. The molecule has 0 saturated heterocycles. The Balaban J connectivity index is 1.37. The van der Waals surface area contributed by atoms with Gasteiger partial charge >= 0.3 is 0 Å². The van der Waals surface area contributed by atoms with Crippen LogP contribution in [0.25, 0.3) is 0 Å². The Bertz CT molecular complexity index is 419. The lowest BCUT2D eigenvalue weighted by Gasteiger charge is -2.62. The monoisotopic (exact) mass is 318 g/mol. The molecule has 0 amide bonds. The van der Waals surface area contributed by atoms with Gasteiger partial charge in [0.2, 0.25) is 0 Å². The molecule has 8 fully saturated rings. The van der Waals surface area contributed by atoms with Crippen LogP contribution in [0.1, 0.15) is 77.0 Å². The zero-order valence-electron chi connectivity index (χ0n) is 13.9. The lowest BCUT2D eigenvalue weighted by Crippen LogP contribution is -2.54. The maximum Gasteiger partial charge on any atom is 0.0879 e. The van der Waals surface area contributed by atoms with E-state index in [0.717, 1.165) is 35.5 Å². The van der Waals surface area contributed by atoms with E-state index in [1.165, 1.54) is 77.0 Å². The minimum Gasteiger partial charge on any atom is -0.326 e. The van der Waals surface area contributed by atoms with Crippen LogP contribution in [0, 0.1) is 35.5 Å². The molecule has 1 nitrogen and oxygen atoms in total. The summed E-state index contributed by atoms with van der Waals surface area (Å²) >= 11 is 0. The second kappa shape index (κ2) is 4.25. The summed E-state index contributed by atoms with van der Waals surface area (Å²) in [6.07, 6.45) is 17.2. The minimum atomic E-state index is -1.43. The third-order valence-electron chi connectivity index (χ3n) is 9.04. The Labute approximate surface area is 135 Å². The smallest absolute Gasteiger partial charge is 0.0879 e. The van der Waals surface area contributed by atoms with E-state index in [2.05, 4.69) is 0 Å². The van der Waals surface area contributed by atoms with E-state index in [-0.39, 0.29) is 0 Å².